The highest BCUT2D eigenvalue weighted by Crippen LogP contribution is 2.30. The fourth-order valence-corrected chi connectivity index (χ4v) is 4.43. The SMILES string of the molecule is CC1CN(CCC2CCCO2)C(C2CCCCC2)CN1. The zero-order chi connectivity index (χ0) is 13.8. The molecule has 3 fully saturated rings. The normalized spacial score (nSPS) is 37.4. The summed E-state index contributed by atoms with van der Waals surface area (Å²) in [6, 6.07) is 1.44. The Morgan fingerprint density at radius 3 is 2.70 bits per heavy atom. The van der Waals surface area contributed by atoms with Gasteiger partial charge >= 0.3 is 0 Å². The lowest BCUT2D eigenvalue weighted by Crippen LogP contribution is -2.58. The summed E-state index contributed by atoms with van der Waals surface area (Å²) in [5.41, 5.74) is 0. The van der Waals surface area contributed by atoms with E-state index in [-0.39, 0.29) is 0 Å². The standard InChI is InChI=1S/C17H32N2O/c1-14-13-19(10-9-16-8-5-11-20-16)17(12-18-14)15-6-3-2-4-7-15/h14-18H,2-13H2,1H3. The summed E-state index contributed by atoms with van der Waals surface area (Å²) in [7, 11) is 0. The molecule has 2 heterocycles. The summed E-state index contributed by atoms with van der Waals surface area (Å²) in [6.07, 6.45) is 11.6. The van der Waals surface area contributed by atoms with Gasteiger partial charge in [0.1, 0.15) is 0 Å². The third-order valence-corrected chi connectivity index (χ3v) is 5.61. The van der Waals surface area contributed by atoms with Crippen molar-refractivity contribution in [1.82, 2.24) is 10.2 Å². The van der Waals surface area contributed by atoms with E-state index in [1.54, 1.807) is 0 Å². The first-order valence-electron chi connectivity index (χ1n) is 8.92. The van der Waals surface area contributed by atoms with Gasteiger partial charge in [0.25, 0.3) is 0 Å². The maximum Gasteiger partial charge on any atom is 0.0588 e. The molecule has 0 amide bonds. The third-order valence-electron chi connectivity index (χ3n) is 5.61. The molecule has 20 heavy (non-hydrogen) atoms. The maximum atomic E-state index is 5.81. The van der Waals surface area contributed by atoms with Crippen LogP contribution in [-0.4, -0.2) is 49.3 Å². The van der Waals surface area contributed by atoms with Crippen LogP contribution in [0.25, 0.3) is 0 Å². The summed E-state index contributed by atoms with van der Waals surface area (Å²) in [6.45, 7) is 7.01. The van der Waals surface area contributed by atoms with Gasteiger partial charge in [-0.15, -0.1) is 0 Å². The Morgan fingerprint density at radius 2 is 1.95 bits per heavy atom. The lowest BCUT2D eigenvalue weighted by molar-refractivity contribution is 0.0475. The molecular formula is C17H32N2O. The van der Waals surface area contributed by atoms with Gasteiger partial charge in [-0.1, -0.05) is 19.3 Å². The summed E-state index contributed by atoms with van der Waals surface area (Å²) in [5.74, 6) is 0.938. The monoisotopic (exact) mass is 280 g/mol. The Balaban J connectivity index is 1.54. The molecule has 3 nitrogen and oxygen atoms in total. The van der Waals surface area contributed by atoms with Crippen molar-refractivity contribution in [3.05, 3.63) is 0 Å². The first kappa shape index (κ1) is 14.8. The molecule has 0 aromatic rings. The molecule has 116 valence electrons. The number of hydrogen-bond acceptors (Lipinski definition) is 3. The molecule has 1 aliphatic carbocycles. The van der Waals surface area contributed by atoms with Crippen LogP contribution >= 0.6 is 0 Å². The van der Waals surface area contributed by atoms with Gasteiger partial charge in [0.05, 0.1) is 6.10 Å². The Labute approximate surface area is 124 Å². The summed E-state index contributed by atoms with van der Waals surface area (Å²) in [5, 5.41) is 3.71. The van der Waals surface area contributed by atoms with Crippen molar-refractivity contribution in [2.24, 2.45) is 5.92 Å². The molecule has 2 saturated heterocycles. The smallest absolute Gasteiger partial charge is 0.0588 e. The van der Waals surface area contributed by atoms with E-state index in [2.05, 4.69) is 17.1 Å². The number of rotatable bonds is 4. The van der Waals surface area contributed by atoms with Gasteiger partial charge in [0, 0.05) is 38.3 Å². The Morgan fingerprint density at radius 1 is 1.10 bits per heavy atom. The van der Waals surface area contributed by atoms with Gasteiger partial charge in [0.2, 0.25) is 0 Å². The second kappa shape index (κ2) is 7.24. The van der Waals surface area contributed by atoms with Gasteiger partial charge < -0.3 is 10.1 Å². The number of piperazine rings is 1. The van der Waals surface area contributed by atoms with Gasteiger partial charge in [-0.3, -0.25) is 4.90 Å². The highest BCUT2D eigenvalue weighted by Gasteiger charge is 2.33. The van der Waals surface area contributed by atoms with Crippen molar-refractivity contribution in [2.75, 3.05) is 26.2 Å². The number of hydrogen-bond donors (Lipinski definition) is 1. The average molecular weight is 280 g/mol. The van der Waals surface area contributed by atoms with Gasteiger partial charge in [0.15, 0.2) is 0 Å². The topological polar surface area (TPSA) is 24.5 Å². The Kier molecular flexibility index (Phi) is 5.36. The second-order valence-corrected chi connectivity index (χ2v) is 7.19. The molecule has 1 N–H and O–H groups in total. The lowest BCUT2D eigenvalue weighted by Gasteiger charge is -2.44. The summed E-state index contributed by atoms with van der Waals surface area (Å²) >= 11 is 0. The molecule has 0 spiro atoms. The predicted octanol–water partition coefficient (Wildman–Crippen LogP) is 2.80. The van der Waals surface area contributed by atoms with Crippen LogP contribution in [0.4, 0.5) is 0 Å². The highest BCUT2D eigenvalue weighted by atomic mass is 16.5. The maximum absolute atomic E-state index is 5.81. The minimum absolute atomic E-state index is 0.548. The van der Waals surface area contributed by atoms with E-state index >= 15 is 0 Å². The zero-order valence-electron chi connectivity index (χ0n) is 13.2. The van der Waals surface area contributed by atoms with Gasteiger partial charge in [-0.2, -0.15) is 0 Å². The molecule has 3 rings (SSSR count). The minimum Gasteiger partial charge on any atom is -0.378 e. The van der Waals surface area contributed by atoms with Crippen molar-refractivity contribution < 1.29 is 4.74 Å². The van der Waals surface area contributed by atoms with Crippen molar-refractivity contribution in [2.45, 2.75) is 76.5 Å². The molecule has 0 radical (unpaired) electrons. The molecular weight excluding hydrogens is 248 g/mol. The molecule has 3 unspecified atom stereocenters. The molecule has 3 heteroatoms. The Bertz CT molecular complexity index is 285. The van der Waals surface area contributed by atoms with E-state index in [1.807, 2.05) is 0 Å². The average Bonchev–Trinajstić information content (AvgIpc) is 2.99. The number of ether oxygens (including phenoxy) is 1. The molecule has 0 aromatic heterocycles. The fourth-order valence-electron chi connectivity index (χ4n) is 4.43. The van der Waals surface area contributed by atoms with Crippen LogP contribution in [0, 0.1) is 5.92 Å². The largest absolute Gasteiger partial charge is 0.378 e. The molecule has 0 bridgehead atoms. The van der Waals surface area contributed by atoms with Crippen LogP contribution in [0.2, 0.25) is 0 Å². The molecule has 1 saturated carbocycles. The fraction of sp³-hybridized carbons (Fsp3) is 1.00. The quantitative estimate of drug-likeness (QED) is 0.857. The van der Waals surface area contributed by atoms with Crippen molar-refractivity contribution in [3.63, 3.8) is 0 Å². The molecule has 3 atom stereocenters. The third kappa shape index (κ3) is 3.75. The number of nitrogens with one attached hydrogen (secondary N) is 1. The first-order chi connectivity index (χ1) is 9.83. The van der Waals surface area contributed by atoms with Crippen molar-refractivity contribution >= 4 is 0 Å². The lowest BCUT2D eigenvalue weighted by atomic mass is 9.82. The highest BCUT2D eigenvalue weighted by molar-refractivity contribution is 4.90. The van der Waals surface area contributed by atoms with Crippen molar-refractivity contribution in [1.29, 1.82) is 0 Å². The first-order valence-corrected chi connectivity index (χ1v) is 8.92. The second-order valence-electron chi connectivity index (χ2n) is 7.19. The number of nitrogens with zero attached hydrogens (tertiary/aromatic N) is 1. The van der Waals surface area contributed by atoms with E-state index in [0.29, 0.717) is 12.1 Å². The van der Waals surface area contributed by atoms with E-state index in [1.165, 1.54) is 71.0 Å². The minimum atomic E-state index is 0.548. The van der Waals surface area contributed by atoms with Gasteiger partial charge in [-0.05, 0) is 44.9 Å². The van der Waals surface area contributed by atoms with E-state index < -0.39 is 0 Å². The molecule has 2 aliphatic heterocycles. The zero-order valence-corrected chi connectivity index (χ0v) is 13.2. The summed E-state index contributed by atoms with van der Waals surface area (Å²) < 4.78 is 5.81. The van der Waals surface area contributed by atoms with E-state index in [4.69, 9.17) is 4.74 Å². The van der Waals surface area contributed by atoms with Crippen LogP contribution in [0.5, 0.6) is 0 Å². The summed E-state index contributed by atoms with van der Waals surface area (Å²) in [4.78, 5) is 2.79. The van der Waals surface area contributed by atoms with E-state index in [9.17, 15) is 0 Å². The van der Waals surface area contributed by atoms with Crippen LogP contribution in [-0.2, 0) is 4.74 Å². The Hall–Kier alpha value is -0.120. The van der Waals surface area contributed by atoms with Crippen LogP contribution in [0.15, 0.2) is 0 Å². The van der Waals surface area contributed by atoms with Crippen LogP contribution in [0.3, 0.4) is 0 Å². The van der Waals surface area contributed by atoms with Crippen molar-refractivity contribution in [3.8, 4) is 0 Å². The molecule has 3 aliphatic rings. The van der Waals surface area contributed by atoms with Crippen LogP contribution in [0.1, 0.15) is 58.3 Å². The predicted molar refractivity (Wildman–Crippen MR) is 83.0 cm³/mol. The van der Waals surface area contributed by atoms with Crippen LogP contribution < -0.4 is 5.32 Å². The van der Waals surface area contributed by atoms with E-state index in [0.717, 1.165) is 18.6 Å². The molecule has 0 aromatic carbocycles. The van der Waals surface area contributed by atoms with Gasteiger partial charge in [-0.25, -0.2) is 0 Å².